The van der Waals surface area contributed by atoms with Gasteiger partial charge in [-0.15, -0.1) is 0 Å². The fourth-order valence-electron chi connectivity index (χ4n) is 2.72. The van der Waals surface area contributed by atoms with E-state index in [1.807, 2.05) is 6.92 Å². The summed E-state index contributed by atoms with van der Waals surface area (Å²) in [4.78, 5) is 35.0. The lowest BCUT2D eigenvalue weighted by molar-refractivity contribution is -0.384. The molecule has 0 aliphatic rings. The average molecular weight is 395 g/mol. The Morgan fingerprint density at radius 1 is 1.17 bits per heavy atom. The average Bonchev–Trinajstić information content (AvgIpc) is 2.72. The van der Waals surface area contributed by atoms with Crippen molar-refractivity contribution in [2.24, 2.45) is 0 Å². The van der Waals surface area contributed by atoms with E-state index in [9.17, 15) is 19.7 Å². The number of hydrogen-bond acceptors (Lipinski definition) is 7. The highest BCUT2D eigenvalue weighted by Crippen LogP contribution is 2.28. The molecule has 1 aromatic heterocycles. The Morgan fingerprint density at radius 3 is 2.66 bits per heavy atom. The summed E-state index contributed by atoms with van der Waals surface area (Å²) in [5.41, 5.74) is -0.365. The van der Waals surface area contributed by atoms with E-state index < -0.39 is 16.3 Å². The van der Waals surface area contributed by atoms with Crippen LogP contribution in [-0.4, -0.2) is 24.4 Å². The molecule has 0 bridgehead atoms. The molecule has 0 atom stereocenters. The van der Waals surface area contributed by atoms with Crippen LogP contribution in [0.5, 0.6) is 11.5 Å². The van der Waals surface area contributed by atoms with Gasteiger partial charge in [-0.2, -0.15) is 0 Å². The fraction of sp³-hybridized carbons (Fsp3) is 0.143. The van der Waals surface area contributed by atoms with Gasteiger partial charge in [0.25, 0.3) is 5.69 Å². The Kier molecular flexibility index (Phi) is 5.73. The Bertz CT molecular complexity index is 1180. The van der Waals surface area contributed by atoms with Crippen LogP contribution in [0.25, 0.3) is 17.0 Å². The van der Waals surface area contributed by atoms with Crippen LogP contribution in [0, 0.1) is 10.1 Å². The highest BCUT2D eigenvalue weighted by atomic mass is 16.6. The fourth-order valence-corrected chi connectivity index (χ4v) is 2.72. The lowest BCUT2D eigenvalue weighted by atomic mass is 10.1. The molecule has 8 heteroatoms. The zero-order valence-corrected chi connectivity index (χ0v) is 15.7. The second-order valence-corrected chi connectivity index (χ2v) is 5.97. The smallest absolute Gasteiger partial charge is 0.347 e. The van der Waals surface area contributed by atoms with Crippen LogP contribution in [0.4, 0.5) is 5.69 Å². The van der Waals surface area contributed by atoms with Crippen molar-refractivity contribution in [3.05, 3.63) is 80.2 Å². The number of carbonyl (C=O) groups is 1. The molecule has 2 aromatic carbocycles. The third-order valence-corrected chi connectivity index (χ3v) is 4.11. The molecule has 0 saturated heterocycles. The van der Waals surface area contributed by atoms with Crippen molar-refractivity contribution in [1.29, 1.82) is 0 Å². The number of hydrogen-bond donors (Lipinski definition) is 0. The van der Waals surface area contributed by atoms with Gasteiger partial charge in [-0.3, -0.25) is 14.9 Å². The van der Waals surface area contributed by atoms with Crippen LogP contribution in [0.15, 0.2) is 57.8 Å². The van der Waals surface area contributed by atoms with Gasteiger partial charge in [0.1, 0.15) is 11.1 Å². The molecule has 0 amide bonds. The Labute approximate surface area is 165 Å². The van der Waals surface area contributed by atoms with Crippen molar-refractivity contribution in [2.45, 2.75) is 6.92 Å². The number of carbonyl (C=O) groups excluding carboxylic acids is 1. The van der Waals surface area contributed by atoms with Crippen molar-refractivity contribution in [3.63, 3.8) is 0 Å². The summed E-state index contributed by atoms with van der Waals surface area (Å²) < 4.78 is 15.8. The van der Waals surface area contributed by atoms with E-state index in [1.165, 1.54) is 43.5 Å². The van der Waals surface area contributed by atoms with Crippen LogP contribution in [0.3, 0.4) is 0 Å². The van der Waals surface area contributed by atoms with Crippen LogP contribution in [-0.2, 0) is 0 Å². The summed E-state index contributed by atoms with van der Waals surface area (Å²) in [6, 6.07) is 10.2. The number of ketones is 1. The molecule has 29 heavy (non-hydrogen) atoms. The topological polar surface area (TPSA) is 109 Å². The number of nitrogens with zero attached hydrogens (tertiary/aromatic N) is 1. The number of ether oxygens (including phenoxy) is 2. The van der Waals surface area contributed by atoms with Gasteiger partial charge in [0.2, 0.25) is 0 Å². The number of nitro benzene ring substituents is 1. The Morgan fingerprint density at radius 2 is 1.97 bits per heavy atom. The van der Waals surface area contributed by atoms with E-state index >= 15 is 0 Å². The zero-order chi connectivity index (χ0) is 21.0. The minimum Gasteiger partial charge on any atom is -0.493 e. The predicted molar refractivity (Wildman–Crippen MR) is 107 cm³/mol. The molecule has 148 valence electrons. The van der Waals surface area contributed by atoms with Gasteiger partial charge >= 0.3 is 5.63 Å². The largest absolute Gasteiger partial charge is 0.493 e. The molecule has 0 aliphatic carbocycles. The SMILES string of the molecule is CCOc1ccc(C=CC(=O)c2cc3cc([N+](=O)[O-])ccc3oc2=O)cc1OC. The number of benzene rings is 2. The third kappa shape index (κ3) is 4.32. The first-order valence-corrected chi connectivity index (χ1v) is 8.68. The van der Waals surface area contributed by atoms with Gasteiger partial charge in [0, 0.05) is 17.5 Å². The standard InChI is InChI=1S/C21H17NO7/c1-3-28-19-8-5-13(10-20(19)27-2)4-7-17(23)16-12-14-11-15(22(25)26)6-9-18(14)29-21(16)24/h4-12H,3H2,1-2H3. The maximum atomic E-state index is 12.5. The number of allylic oxidation sites excluding steroid dienone is 1. The molecule has 8 nitrogen and oxygen atoms in total. The van der Waals surface area contributed by atoms with E-state index in [0.29, 0.717) is 29.1 Å². The maximum absolute atomic E-state index is 12.5. The third-order valence-electron chi connectivity index (χ3n) is 4.11. The quantitative estimate of drug-likeness (QED) is 0.195. The summed E-state index contributed by atoms with van der Waals surface area (Å²) in [6.45, 7) is 2.34. The molecule has 0 spiro atoms. The zero-order valence-electron chi connectivity index (χ0n) is 15.7. The van der Waals surface area contributed by atoms with Crippen molar-refractivity contribution < 1.29 is 23.6 Å². The highest BCUT2D eigenvalue weighted by Gasteiger charge is 2.14. The maximum Gasteiger partial charge on any atom is 0.347 e. The molecule has 0 N–H and O–H groups in total. The molecule has 0 unspecified atom stereocenters. The van der Waals surface area contributed by atoms with E-state index in [-0.39, 0.29) is 16.8 Å². The van der Waals surface area contributed by atoms with Gasteiger partial charge in [0.15, 0.2) is 17.3 Å². The second kappa shape index (κ2) is 8.39. The van der Waals surface area contributed by atoms with Gasteiger partial charge < -0.3 is 13.9 Å². The monoisotopic (exact) mass is 395 g/mol. The van der Waals surface area contributed by atoms with E-state index in [0.717, 1.165) is 0 Å². The van der Waals surface area contributed by atoms with Crippen LogP contribution >= 0.6 is 0 Å². The van der Waals surface area contributed by atoms with Gasteiger partial charge in [0.05, 0.1) is 18.6 Å². The summed E-state index contributed by atoms with van der Waals surface area (Å²) in [6.07, 6.45) is 2.75. The second-order valence-electron chi connectivity index (χ2n) is 5.97. The molecule has 0 fully saturated rings. The van der Waals surface area contributed by atoms with Crippen molar-refractivity contribution in [1.82, 2.24) is 0 Å². The molecular weight excluding hydrogens is 378 g/mol. The number of fused-ring (bicyclic) bond motifs is 1. The number of rotatable bonds is 7. The highest BCUT2D eigenvalue weighted by molar-refractivity contribution is 6.07. The molecule has 1 heterocycles. The summed E-state index contributed by atoms with van der Waals surface area (Å²) in [5, 5.41) is 11.2. The lowest BCUT2D eigenvalue weighted by Crippen LogP contribution is -2.12. The van der Waals surface area contributed by atoms with E-state index in [4.69, 9.17) is 13.9 Å². The van der Waals surface area contributed by atoms with Gasteiger partial charge in [-0.05, 0) is 42.8 Å². The lowest BCUT2D eigenvalue weighted by Gasteiger charge is -2.09. The molecule has 0 aliphatic heterocycles. The number of methoxy groups -OCH3 is 1. The van der Waals surface area contributed by atoms with Crippen molar-refractivity contribution in [3.8, 4) is 11.5 Å². The van der Waals surface area contributed by atoms with E-state index in [1.54, 1.807) is 18.2 Å². The molecule has 0 radical (unpaired) electrons. The Balaban J connectivity index is 1.92. The van der Waals surface area contributed by atoms with Crippen LogP contribution in [0.2, 0.25) is 0 Å². The van der Waals surface area contributed by atoms with Crippen LogP contribution < -0.4 is 15.1 Å². The summed E-state index contributed by atoms with van der Waals surface area (Å²) in [5.74, 6) is 0.509. The van der Waals surface area contributed by atoms with Crippen LogP contribution in [0.1, 0.15) is 22.8 Å². The predicted octanol–water partition coefficient (Wildman–Crippen LogP) is 4.00. The summed E-state index contributed by atoms with van der Waals surface area (Å²) >= 11 is 0. The first-order chi connectivity index (χ1) is 13.9. The molecule has 0 saturated carbocycles. The van der Waals surface area contributed by atoms with E-state index in [2.05, 4.69) is 0 Å². The first kappa shape index (κ1) is 19.8. The molecule has 3 aromatic rings. The van der Waals surface area contributed by atoms with Crippen molar-refractivity contribution in [2.75, 3.05) is 13.7 Å². The minimum atomic E-state index is -0.815. The van der Waals surface area contributed by atoms with Crippen molar-refractivity contribution >= 4 is 28.5 Å². The molecule has 3 rings (SSSR count). The normalized spacial score (nSPS) is 11.0. The minimum absolute atomic E-state index is 0.164. The number of nitro groups is 1. The molecular formula is C21H17NO7. The number of non-ortho nitro benzene ring substituents is 1. The van der Waals surface area contributed by atoms with Gasteiger partial charge in [-0.1, -0.05) is 12.1 Å². The Hall–Kier alpha value is -3.94. The first-order valence-electron chi connectivity index (χ1n) is 8.68. The summed E-state index contributed by atoms with van der Waals surface area (Å²) in [7, 11) is 1.51. The van der Waals surface area contributed by atoms with Gasteiger partial charge in [-0.25, -0.2) is 4.79 Å².